The predicted molar refractivity (Wildman–Crippen MR) is 95.3 cm³/mol. The largest absolute Gasteiger partial charge is 0.497 e. The van der Waals surface area contributed by atoms with Gasteiger partial charge in [0.15, 0.2) is 11.5 Å². The molecule has 5 heteroatoms. The van der Waals surface area contributed by atoms with E-state index in [1.54, 1.807) is 19.2 Å². The zero-order chi connectivity index (χ0) is 17.8. The summed E-state index contributed by atoms with van der Waals surface area (Å²) in [6.45, 7) is 5.78. The summed E-state index contributed by atoms with van der Waals surface area (Å²) >= 11 is 0. The molecule has 1 aliphatic heterocycles. The van der Waals surface area contributed by atoms with Crippen LogP contribution in [0, 0.1) is 5.82 Å². The Labute approximate surface area is 147 Å². The molecule has 0 fully saturated rings. The van der Waals surface area contributed by atoms with Gasteiger partial charge in [-0.2, -0.15) is 0 Å². The first kappa shape index (κ1) is 17.5. The highest BCUT2D eigenvalue weighted by Crippen LogP contribution is 2.39. The first-order valence-electron chi connectivity index (χ1n) is 8.67. The SMILES string of the molecule is CCOc1cc2c(cc1OCC)[C@@H](c1cc(OC)ccc1F)NCC2. The smallest absolute Gasteiger partial charge is 0.161 e. The van der Waals surface area contributed by atoms with Crippen molar-refractivity contribution in [3.63, 3.8) is 0 Å². The van der Waals surface area contributed by atoms with Crippen molar-refractivity contribution in [1.82, 2.24) is 5.32 Å². The number of ether oxygens (including phenoxy) is 3. The summed E-state index contributed by atoms with van der Waals surface area (Å²) in [5, 5.41) is 3.41. The molecule has 0 aromatic heterocycles. The molecule has 1 aliphatic rings. The monoisotopic (exact) mass is 345 g/mol. The van der Waals surface area contributed by atoms with Crippen LogP contribution in [0.15, 0.2) is 30.3 Å². The fourth-order valence-electron chi connectivity index (χ4n) is 3.25. The Morgan fingerprint density at radius 3 is 2.44 bits per heavy atom. The van der Waals surface area contributed by atoms with Crippen molar-refractivity contribution in [3.8, 4) is 17.2 Å². The minimum atomic E-state index is -0.252. The van der Waals surface area contributed by atoms with Crippen molar-refractivity contribution in [2.75, 3.05) is 26.9 Å². The van der Waals surface area contributed by atoms with Crippen molar-refractivity contribution in [2.45, 2.75) is 26.3 Å². The molecule has 4 nitrogen and oxygen atoms in total. The van der Waals surface area contributed by atoms with Crippen LogP contribution in [0.2, 0.25) is 0 Å². The molecule has 134 valence electrons. The summed E-state index contributed by atoms with van der Waals surface area (Å²) < 4.78 is 31.2. The molecule has 1 N–H and O–H groups in total. The van der Waals surface area contributed by atoms with E-state index >= 15 is 0 Å². The van der Waals surface area contributed by atoms with Crippen molar-refractivity contribution >= 4 is 0 Å². The molecule has 0 saturated carbocycles. The molecule has 2 aromatic rings. The minimum Gasteiger partial charge on any atom is -0.497 e. The number of benzene rings is 2. The van der Waals surface area contributed by atoms with Crippen LogP contribution in [0.1, 0.15) is 36.6 Å². The molecule has 3 rings (SSSR count). The molecule has 25 heavy (non-hydrogen) atoms. The van der Waals surface area contributed by atoms with E-state index in [0.717, 1.165) is 29.8 Å². The van der Waals surface area contributed by atoms with E-state index in [0.29, 0.717) is 30.3 Å². The number of methoxy groups -OCH3 is 1. The zero-order valence-electron chi connectivity index (χ0n) is 14.9. The topological polar surface area (TPSA) is 39.7 Å². The second-order valence-electron chi connectivity index (χ2n) is 5.89. The lowest BCUT2D eigenvalue weighted by atomic mass is 9.89. The third-order valence-corrected chi connectivity index (χ3v) is 4.37. The summed E-state index contributed by atoms with van der Waals surface area (Å²) in [5.41, 5.74) is 2.75. The van der Waals surface area contributed by atoms with Crippen molar-refractivity contribution < 1.29 is 18.6 Å². The van der Waals surface area contributed by atoms with Crippen LogP contribution in [0.3, 0.4) is 0 Å². The maximum Gasteiger partial charge on any atom is 0.161 e. The molecular weight excluding hydrogens is 321 g/mol. The van der Waals surface area contributed by atoms with Gasteiger partial charge in [-0.15, -0.1) is 0 Å². The van der Waals surface area contributed by atoms with Crippen molar-refractivity contribution in [2.24, 2.45) is 0 Å². The maximum atomic E-state index is 14.5. The average molecular weight is 345 g/mol. The average Bonchev–Trinajstić information content (AvgIpc) is 2.63. The lowest BCUT2D eigenvalue weighted by Crippen LogP contribution is -2.31. The third kappa shape index (κ3) is 3.56. The fraction of sp³-hybridized carbons (Fsp3) is 0.400. The van der Waals surface area contributed by atoms with Crippen molar-refractivity contribution in [3.05, 3.63) is 52.8 Å². The van der Waals surface area contributed by atoms with E-state index in [2.05, 4.69) is 5.32 Å². The lowest BCUT2D eigenvalue weighted by molar-refractivity contribution is 0.286. The van der Waals surface area contributed by atoms with Crippen molar-refractivity contribution in [1.29, 1.82) is 0 Å². The van der Waals surface area contributed by atoms with Gasteiger partial charge in [0, 0.05) is 12.1 Å². The standard InChI is InChI=1S/C20H24FNO3/c1-4-24-18-10-13-8-9-22-20(15(13)12-19(18)25-5-2)16-11-14(23-3)6-7-17(16)21/h6-7,10-12,20,22H,4-5,8-9H2,1-3H3/t20-/m0/s1. The van der Waals surface area contributed by atoms with Gasteiger partial charge in [0.1, 0.15) is 11.6 Å². The van der Waals surface area contributed by atoms with Gasteiger partial charge < -0.3 is 19.5 Å². The van der Waals surface area contributed by atoms with Gasteiger partial charge >= 0.3 is 0 Å². The summed E-state index contributed by atoms with van der Waals surface area (Å²) in [7, 11) is 1.58. The van der Waals surface area contributed by atoms with Crippen LogP contribution in [-0.4, -0.2) is 26.9 Å². The van der Waals surface area contributed by atoms with E-state index in [9.17, 15) is 4.39 Å². The Bertz CT molecular complexity index is 748. The second-order valence-corrected chi connectivity index (χ2v) is 5.89. The van der Waals surface area contributed by atoms with E-state index in [1.165, 1.54) is 6.07 Å². The molecule has 0 unspecified atom stereocenters. The van der Waals surface area contributed by atoms with Gasteiger partial charge in [0.25, 0.3) is 0 Å². The molecular formula is C20H24FNO3. The molecule has 0 bridgehead atoms. The van der Waals surface area contributed by atoms with Crippen LogP contribution < -0.4 is 19.5 Å². The van der Waals surface area contributed by atoms with Gasteiger partial charge in [0.2, 0.25) is 0 Å². The number of rotatable bonds is 6. The molecule has 0 saturated heterocycles. The molecule has 1 atom stereocenters. The van der Waals surface area contributed by atoms with Crippen LogP contribution in [0.25, 0.3) is 0 Å². The second kappa shape index (κ2) is 7.74. The van der Waals surface area contributed by atoms with E-state index in [1.807, 2.05) is 26.0 Å². The van der Waals surface area contributed by atoms with Crippen LogP contribution in [0.5, 0.6) is 17.2 Å². The van der Waals surface area contributed by atoms with Gasteiger partial charge in [-0.3, -0.25) is 0 Å². The number of fused-ring (bicyclic) bond motifs is 1. The molecule has 0 amide bonds. The summed E-state index contributed by atoms with van der Waals surface area (Å²) in [6.07, 6.45) is 0.865. The summed E-state index contributed by atoms with van der Waals surface area (Å²) in [5.74, 6) is 1.83. The van der Waals surface area contributed by atoms with Gasteiger partial charge in [-0.25, -0.2) is 4.39 Å². The van der Waals surface area contributed by atoms with Gasteiger partial charge in [-0.05, 0) is 61.7 Å². The Kier molecular flexibility index (Phi) is 5.43. The Balaban J connectivity index is 2.08. The molecule has 0 spiro atoms. The van der Waals surface area contributed by atoms with E-state index < -0.39 is 0 Å². The molecule has 0 radical (unpaired) electrons. The first-order chi connectivity index (χ1) is 12.2. The number of hydrogen-bond donors (Lipinski definition) is 1. The lowest BCUT2D eigenvalue weighted by Gasteiger charge is -2.29. The highest BCUT2D eigenvalue weighted by atomic mass is 19.1. The molecule has 1 heterocycles. The highest BCUT2D eigenvalue weighted by molar-refractivity contribution is 5.52. The number of halogens is 1. The van der Waals surface area contributed by atoms with Crippen LogP contribution in [0.4, 0.5) is 4.39 Å². The Hall–Kier alpha value is -2.27. The number of hydrogen-bond acceptors (Lipinski definition) is 4. The maximum absolute atomic E-state index is 14.5. The molecule has 2 aromatic carbocycles. The first-order valence-corrected chi connectivity index (χ1v) is 8.67. The quantitative estimate of drug-likeness (QED) is 0.863. The van der Waals surface area contributed by atoms with Gasteiger partial charge in [-0.1, -0.05) is 0 Å². The van der Waals surface area contributed by atoms with E-state index in [-0.39, 0.29) is 11.9 Å². The normalized spacial score (nSPS) is 16.2. The summed E-state index contributed by atoms with van der Waals surface area (Å²) in [4.78, 5) is 0. The molecule has 0 aliphatic carbocycles. The third-order valence-electron chi connectivity index (χ3n) is 4.37. The fourth-order valence-corrected chi connectivity index (χ4v) is 3.25. The summed E-state index contributed by atoms with van der Waals surface area (Å²) in [6, 6.07) is 8.58. The Morgan fingerprint density at radius 1 is 1.04 bits per heavy atom. The minimum absolute atomic E-state index is 0.242. The zero-order valence-corrected chi connectivity index (χ0v) is 14.9. The van der Waals surface area contributed by atoms with Gasteiger partial charge in [0.05, 0.1) is 26.4 Å². The predicted octanol–water partition coefficient (Wildman–Crippen LogP) is 3.87. The van der Waals surface area contributed by atoms with Crippen LogP contribution >= 0.6 is 0 Å². The van der Waals surface area contributed by atoms with E-state index in [4.69, 9.17) is 14.2 Å². The highest BCUT2D eigenvalue weighted by Gasteiger charge is 2.26. The van der Waals surface area contributed by atoms with Crippen LogP contribution in [-0.2, 0) is 6.42 Å². The number of nitrogens with one attached hydrogen (secondary N) is 1. The Morgan fingerprint density at radius 2 is 1.76 bits per heavy atom.